The molecule has 19 nitrogen and oxygen atoms in total. The standard InChI is InChI=1S/C25H29N8O11P.Na/c1-25(2,14-5-7-15(8-6-14)33(36)37)44-24(35)43-18-16(11-41-45(38,39)31-10-9-27-12-31)42-22(19(18)40-4)32-13-30(3)17-20(32)28-23(26)29-21(17)34;/h5-10,12-13,16,18-19,22H,11H2,1-4H3,(H3-,26,28,29,34,38,39);/q;+1/p-1/t16-,18+,19?,22-;/m1./s1. The number of aromatic nitrogens is 6. The fraction of sp³-hybridized carbons (Fsp3) is 0.400. The van der Waals surface area contributed by atoms with Crippen molar-refractivity contribution >= 4 is 36.7 Å². The first-order valence-corrected chi connectivity index (χ1v) is 14.7. The Morgan fingerprint density at radius 2 is 1.93 bits per heavy atom. The van der Waals surface area contributed by atoms with Crippen molar-refractivity contribution < 1.29 is 81.9 Å². The molecule has 1 aliphatic rings. The maximum Gasteiger partial charge on any atom is 1.00 e. The Morgan fingerprint density at radius 3 is 2.54 bits per heavy atom. The fourth-order valence-corrected chi connectivity index (χ4v) is 5.77. The van der Waals surface area contributed by atoms with E-state index in [9.17, 15) is 29.5 Å². The molecule has 0 bridgehead atoms. The Labute approximate surface area is 282 Å². The monoisotopic (exact) mass is 670 g/mol. The van der Waals surface area contributed by atoms with Crippen LogP contribution in [0.4, 0.5) is 16.4 Å². The molecule has 1 fully saturated rings. The minimum Gasteiger partial charge on any atom is -0.856 e. The van der Waals surface area contributed by atoms with E-state index in [1.807, 2.05) is 0 Å². The molecular weight excluding hydrogens is 642 g/mol. The zero-order valence-corrected chi connectivity index (χ0v) is 28.2. The number of ether oxygens (including phenoxy) is 4. The molecule has 21 heteroatoms. The first kappa shape index (κ1) is 35.2. The van der Waals surface area contributed by atoms with E-state index < -0.39 is 61.5 Å². The maximum atomic E-state index is 13.2. The summed E-state index contributed by atoms with van der Waals surface area (Å²) in [5.74, 6) is -0.945. The minimum atomic E-state index is -4.69. The van der Waals surface area contributed by atoms with Gasteiger partial charge in [-0.05, 0) is 31.5 Å². The van der Waals surface area contributed by atoms with Crippen molar-refractivity contribution in [1.29, 1.82) is 0 Å². The van der Waals surface area contributed by atoms with Crippen molar-refractivity contribution in [3.63, 3.8) is 0 Å². The van der Waals surface area contributed by atoms with Crippen LogP contribution in [0, 0.1) is 10.1 Å². The van der Waals surface area contributed by atoms with E-state index in [0.717, 1.165) is 10.7 Å². The van der Waals surface area contributed by atoms with Gasteiger partial charge in [-0.15, -0.1) is 0 Å². The molecule has 2 N–H and O–H groups in total. The van der Waals surface area contributed by atoms with E-state index in [1.165, 1.54) is 59.2 Å². The largest absolute Gasteiger partial charge is 1.00 e. The second-order valence-electron chi connectivity index (χ2n) is 10.4. The molecule has 3 aromatic heterocycles. The molecule has 1 aliphatic heterocycles. The number of imidazole rings is 2. The van der Waals surface area contributed by atoms with Crippen molar-refractivity contribution in [1.82, 2.24) is 23.9 Å². The molecule has 1 saturated heterocycles. The van der Waals surface area contributed by atoms with Crippen LogP contribution in [0.15, 0.2) is 49.3 Å². The van der Waals surface area contributed by atoms with Crippen LogP contribution in [-0.2, 0) is 40.7 Å². The molecule has 5 atom stereocenters. The molecule has 5 rings (SSSR count). The topological polar surface area (TPSA) is 248 Å². The van der Waals surface area contributed by atoms with E-state index in [-0.39, 0.29) is 52.4 Å². The summed E-state index contributed by atoms with van der Waals surface area (Å²) in [6.45, 7) is 2.47. The fourth-order valence-electron chi connectivity index (χ4n) is 4.89. The number of nitro groups is 1. The second-order valence-corrected chi connectivity index (χ2v) is 12.1. The summed E-state index contributed by atoms with van der Waals surface area (Å²) in [7, 11) is -1.81. The van der Waals surface area contributed by atoms with Gasteiger partial charge < -0.3 is 39.2 Å². The van der Waals surface area contributed by atoms with Crippen LogP contribution >= 0.6 is 7.75 Å². The molecule has 1 aromatic carbocycles. The summed E-state index contributed by atoms with van der Waals surface area (Å²) in [6.07, 6.45) is -1.09. The summed E-state index contributed by atoms with van der Waals surface area (Å²) in [5, 5.41) is 23.6. The van der Waals surface area contributed by atoms with Gasteiger partial charge in [-0.1, -0.05) is 4.98 Å². The Balaban J connectivity index is 0.00000480. The first-order chi connectivity index (χ1) is 21.2. The zero-order valence-electron chi connectivity index (χ0n) is 25.3. The molecule has 0 radical (unpaired) electrons. The maximum absolute atomic E-state index is 13.2. The molecule has 0 saturated carbocycles. The molecule has 0 aliphatic carbocycles. The van der Waals surface area contributed by atoms with Crippen LogP contribution < -0.4 is 49.9 Å². The van der Waals surface area contributed by atoms with E-state index in [1.54, 1.807) is 20.9 Å². The first-order valence-electron chi connectivity index (χ1n) is 13.2. The number of hydrogen-bond acceptors (Lipinski definition) is 15. The number of nitro benzene ring substituents is 1. The number of nitrogen functional groups attached to an aromatic ring is 1. The summed E-state index contributed by atoms with van der Waals surface area (Å²) in [5.41, 5.74) is 4.87. The quantitative estimate of drug-likeness (QED) is 0.0455. The number of hydrogen-bond donors (Lipinski definition) is 1. The molecule has 2 unspecified atom stereocenters. The van der Waals surface area contributed by atoms with Gasteiger partial charge >= 0.3 is 41.4 Å². The Hall–Kier alpha value is -3.68. The molecule has 4 heterocycles. The molecule has 0 spiro atoms. The molecule has 4 aromatic rings. The van der Waals surface area contributed by atoms with Gasteiger partial charge in [0.25, 0.3) is 11.6 Å². The summed E-state index contributed by atoms with van der Waals surface area (Å²) >= 11 is 0. The number of rotatable bonds is 10. The van der Waals surface area contributed by atoms with Gasteiger partial charge in [0.15, 0.2) is 24.1 Å². The number of methoxy groups -OCH3 is 1. The van der Waals surface area contributed by atoms with E-state index in [2.05, 4.69) is 15.0 Å². The van der Waals surface area contributed by atoms with Crippen LogP contribution in [0.5, 0.6) is 5.88 Å². The number of anilines is 1. The number of nitrogens with zero attached hydrogens (tertiary/aromatic N) is 7. The Bertz CT molecular complexity index is 1770. The van der Waals surface area contributed by atoms with Crippen molar-refractivity contribution in [2.24, 2.45) is 7.05 Å². The number of carbonyl (C=O) groups excluding carboxylic acids is 1. The Morgan fingerprint density at radius 1 is 1.24 bits per heavy atom. The van der Waals surface area contributed by atoms with Gasteiger partial charge in [-0.2, -0.15) is 0 Å². The SMILES string of the molecule is COC1[C@@H](OC(=O)OC(C)(C)c2ccc([N+](=O)[O-])cc2)[C@@H](COP(=O)([O-])n2ccnc2)O[C@H]1[n+]1cn(C)c2c([O-])nc(N)nc21.[Na+]. The molecule has 0 amide bonds. The number of fused-ring (bicyclic) bond motifs is 1. The van der Waals surface area contributed by atoms with Gasteiger partial charge in [0.2, 0.25) is 14.0 Å². The van der Waals surface area contributed by atoms with Crippen LogP contribution in [0.1, 0.15) is 25.6 Å². The summed E-state index contributed by atoms with van der Waals surface area (Å²) in [4.78, 5) is 47.9. The number of non-ortho nitro benzene ring substituents is 1. The summed E-state index contributed by atoms with van der Waals surface area (Å²) < 4.78 is 44.6. The number of aryl methyl sites for hydroxylation is 1. The van der Waals surface area contributed by atoms with E-state index >= 15 is 0 Å². The third kappa shape index (κ3) is 7.01. The molecule has 240 valence electrons. The van der Waals surface area contributed by atoms with Gasteiger partial charge in [-0.3, -0.25) is 23.6 Å². The van der Waals surface area contributed by atoms with Crippen LogP contribution in [0.2, 0.25) is 0 Å². The third-order valence-corrected chi connectivity index (χ3v) is 8.37. The molecule has 46 heavy (non-hydrogen) atoms. The van der Waals surface area contributed by atoms with Gasteiger partial charge in [0.1, 0.15) is 18.0 Å². The second kappa shape index (κ2) is 13.6. The molecular formula is C25H28N8NaO11P. The van der Waals surface area contributed by atoms with Gasteiger partial charge in [0.05, 0.1) is 18.6 Å². The van der Waals surface area contributed by atoms with E-state index in [0.29, 0.717) is 5.56 Å². The average Bonchev–Trinajstić information content (AvgIpc) is 3.70. The van der Waals surface area contributed by atoms with Gasteiger partial charge in [-0.25, -0.2) is 19.3 Å². The van der Waals surface area contributed by atoms with E-state index in [4.69, 9.17) is 29.2 Å². The van der Waals surface area contributed by atoms with Crippen LogP contribution in [0.3, 0.4) is 0 Å². The number of carbonyl (C=O) groups is 1. The van der Waals surface area contributed by atoms with Crippen molar-refractivity contribution in [3.05, 3.63) is 65.0 Å². The van der Waals surface area contributed by atoms with Crippen molar-refractivity contribution in [3.8, 4) is 5.88 Å². The van der Waals surface area contributed by atoms with Crippen molar-refractivity contribution in [2.45, 2.75) is 44.0 Å². The van der Waals surface area contributed by atoms with Crippen LogP contribution in [0.25, 0.3) is 11.2 Å². The number of benzene rings is 1. The Kier molecular flexibility index (Phi) is 10.4. The smallest absolute Gasteiger partial charge is 0.856 e. The zero-order chi connectivity index (χ0) is 32.7. The predicted octanol–water partition coefficient (Wildman–Crippen LogP) is -2.58. The third-order valence-electron chi connectivity index (χ3n) is 7.10. The predicted molar refractivity (Wildman–Crippen MR) is 146 cm³/mol. The van der Waals surface area contributed by atoms with Crippen molar-refractivity contribution in [2.75, 3.05) is 19.5 Å². The minimum absolute atomic E-state index is 0. The van der Waals surface area contributed by atoms with Crippen LogP contribution in [-0.4, -0.2) is 67.0 Å². The van der Waals surface area contributed by atoms with Gasteiger partial charge in [0, 0.05) is 37.5 Å². The normalized spacial score (nSPS) is 21.0. The average molecular weight is 671 g/mol. The number of nitrogens with two attached hydrogens (primary N) is 1. The summed E-state index contributed by atoms with van der Waals surface area (Å²) in [6, 6.07) is 5.40.